The second-order valence-corrected chi connectivity index (χ2v) is 5.93. The van der Waals surface area contributed by atoms with Crippen molar-refractivity contribution < 1.29 is 9.18 Å². The summed E-state index contributed by atoms with van der Waals surface area (Å²) in [6.07, 6.45) is 5.94. The largest absolute Gasteiger partial charge is 0.304 e. The lowest BCUT2D eigenvalue weighted by atomic mass is 9.84. The predicted molar refractivity (Wildman–Crippen MR) is 72.8 cm³/mol. The van der Waals surface area contributed by atoms with E-state index in [1.165, 1.54) is 31.7 Å². The Labute approximate surface area is 113 Å². The molecule has 19 heavy (non-hydrogen) atoms. The van der Waals surface area contributed by atoms with Crippen LogP contribution in [0.1, 0.15) is 48.0 Å². The molecule has 2 fully saturated rings. The first kappa shape index (κ1) is 12.8. The van der Waals surface area contributed by atoms with E-state index in [4.69, 9.17) is 0 Å². The number of Topliss-reactive ketones (excluding diaryl/α,β-unsaturated/α-hetero) is 1. The Morgan fingerprint density at radius 3 is 2.84 bits per heavy atom. The molecule has 1 aliphatic heterocycles. The molecule has 3 heteroatoms. The lowest BCUT2D eigenvalue weighted by Gasteiger charge is -2.24. The van der Waals surface area contributed by atoms with Crippen LogP contribution in [0.3, 0.4) is 0 Å². The van der Waals surface area contributed by atoms with E-state index in [-0.39, 0.29) is 17.6 Å². The minimum Gasteiger partial charge on any atom is -0.304 e. The van der Waals surface area contributed by atoms with E-state index in [1.807, 2.05) is 0 Å². The molecule has 1 aliphatic carbocycles. The molecule has 1 saturated carbocycles. The number of carbonyl (C=O) groups excluding carboxylic acids is 1. The van der Waals surface area contributed by atoms with Crippen molar-refractivity contribution in [3.05, 3.63) is 35.1 Å². The lowest BCUT2D eigenvalue weighted by Crippen LogP contribution is -2.37. The van der Waals surface area contributed by atoms with Crippen LogP contribution in [0.4, 0.5) is 4.39 Å². The summed E-state index contributed by atoms with van der Waals surface area (Å²) in [6, 6.07) is 5.11. The third-order valence-corrected chi connectivity index (χ3v) is 4.62. The zero-order valence-corrected chi connectivity index (χ0v) is 11.3. The summed E-state index contributed by atoms with van der Waals surface area (Å²) in [7, 11) is 0. The zero-order chi connectivity index (χ0) is 13.4. The fraction of sp³-hybridized carbons (Fsp3) is 0.562. The topological polar surface area (TPSA) is 29.1 Å². The van der Waals surface area contributed by atoms with E-state index in [2.05, 4.69) is 5.32 Å². The number of benzene rings is 1. The molecule has 0 radical (unpaired) electrons. The van der Waals surface area contributed by atoms with Crippen LogP contribution in [0.25, 0.3) is 0 Å². The standard InChI is InChI=1S/C16H20FNO/c1-10-8-12(6-7-13(10)17)16(19)15-9-11-4-2-3-5-14(11)18-15/h6-8,11,14-15,18H,2-5,9H2,1H3. The number of ketones is 1. The highest BCUT2D eigenvalue weighted by Crippen LogP contribution is 2.34. The maximum Gasteiger partial charge on any atom is 0.179 e. The molecule has 3 unspecified atom stereocenters. The second-order valence-electron chi connectivity index (χ2n) is 5.93. The Hall–Kier alpha value is -1.22. The fourth-order valence-electron chi connectivity index (χ4n) is 3.52. The van der Waals surface area contributed by atoms with Crippen LogP contribution in [0, 0.1) is 18.7 Å². The summed E-state index contributed by atoms with van der Waals surface area (Å²) < 4.78 is 13.3. The number of fused-ring (bicyclic) bond motifs is 1. The first-order chi connectivity index (χ1) is 9.15. The Bertz CT molecular complexity index is 486. The van der Waals surface area contributed by atoms with E-state index in [0.717, 1.165) is 6.42 Å². The molecule has 1 heterocycles. The summed E-state index contributed by atoms with van der Waals surface area (Å²) in [5.41, 5.74) is 1.18. The van der Waals surface area contributed by atoms with Crippen molar-refractivity contribution in [2.45, 2.75) is 51.1 Å². The van der Waals surface area contributed by atoms with Gasteiger partial charge in [-0.2, -0.15) is 0 Å². The quantitative estimate of drug-likeness (QED) is 0.828. The van der Waals surface area contributed by atoms with Crippen molar-refractivity contribution in [2.24, 2.45) is 5.92 Å². The van der Waals surface area contributed by atoms with Gasteiger partial charge >= 0.3 is 0 Å². The van der Waals surface area contributed by atoms with E-state index in [0.29, 0.717) is 23.1 Å². The number of halogens is 1. The lowest BCUT2D eigenvalue weighted by molar-refractivity contribution is 0.0949. The molecule has 3 rings (SSSR count). The molecule has 2 aliphatic rings. The van der Waals surface area contributed by atoms with Gasteiger partial charge < -0.3 is 5.32 Å². The van der Waals surface area contributed by atoms with Crippen LogP contribution in [-0.2, 0) is 0 Å². The van der Waals surface area contributed by atoms with Gasteiger partial charge in [0.1, 0.15) is 5.82 Å². The van der Waals surface area contributed by atoms with Gasteiger partial charge in [0.2, 0.25) is 0 Å². The number of aryl methyl sites for hydroxylation is 1. The second kappa shape index (κ2) is 5.04. The van der Waals surface area contributed by atoms with E-state index < -0.39 is 0 Å². The molecule has 2 nitrogen and oxygen atoms in total. The molecule has 1 aromatic carbocycles. The highest BCUT2D eigenvalue weighted by atomic mass is 19.1. The van der Waals surface area contributed by atoms with Crippen LogP contribution in [0.2, 0.25) is 0 Å². The summed E-state index contributed by atoms with van der Waals surface area (Å²) >= 11 is 0. The Morgan fingerprint density at radius 2 is 2.11 bits per heavy atom. The van der Waals surface area contributed by atoms with Crippen molar-refractivity contribution in [2.75, 3.05) is 0 Å². The first-order valence-electron chi connectivity index (χ1n) is 7.21. The molecular weight excluding hydrogens is 241 g/mol. The van der Waals surface area contributed by atoms with Gasteiger partial charge in [0, 0.05) is 11.6 Å². The molecule has 3 atom stereocenters. The number of carbonyl (C=O) groups is 1. The van der Waals surface area contributed by atoms with Gasteiger partial charge in [-0.1, -0.05) is 12.8 Å². The summed E-state index contributed by atoms with van der Waals surface area (Å²) in [5.74, 6) is 0.534. The molecule has 1 saturated heterocycles. The Balaban J connectivity index is 1.75. The van der Waals surface area contributed by atoms with Gasteiger partial charge in [0.05, 0.1) is 6.04 Å². The molecule has 0 bridgehead atoms. The minimum absolute atomic E-state index is 0.0713. The van der Waals surface area contributed by atoms with E-state index in [1.54, 1.807) is 19.1 Å². The van der Waals surface area contributed by atoms with Crippen molar-refractivity contribution in [1.82, 2.24) is 5.32 Å². The van der Waals surface area contributed by atoms with Gasteiger partial charge in [-0.3, -0.25) is 4.79 Å². The number of hydrogen-bond acceptors (Lipinski definition) is 2. The monoisotopic (exact) mass is 261 g/mol. The third kappa shape index (κ3) is 2.44. The molecule has 1 aromatic rings. The maximum atomic E-state index is 13.3. The van der Waals surface area contributed by atoms with Crippen molar-refractivity contribution >= 4 is 5.78 Å². The van der Waals surface area contributed by atoms with Gasteiger partial charge in [-0.25, -0.2) is 4.39 Å². The fourth-order valence-corrected chi connectivity index (χ4v) is 3.52. The minimum atomic E-state index is -0.246. The third-order valence-electron chi connectivity index (χ3n) is 4.62. The van der Waals surface area contributed by atoms with Crippen LogP contribution >= 0.6 is 0 Å². The zero-order valence-electron chi connectivity index (χ0n) is 11.3. The number of hydrogen-bond donors (Lipinski definition) is 1. The highest BCUT2D eigenvalue weighted by molar-refractivity contribution is 6.00. The predicted octanol–water partition coefficient (Wildman–Crippen LogP) is 3.24. The van der Waals surface area contributed by atoms with Gasteiger partial charge in [0.25, 0.3) is 0 Å². The first-order valence-corrected chi connectivity index (χ1v) is 7.21. The number of nitrogens with one attached hydrogen (secondary N) is 1. The van der Waals surface area contributed by atoms with Crippen molar-refractivity contribution in [1.29, 1.82) is 0 Å². The van der Waals surface area contributed by atoms with Crippen LogP contribution in [0.5, 0.6) is 0 Å². The smallest absolute Gasteiger partial charge is 0.179 e. The average molecular weight is 261 g/mol. The molecule has 0 amide bonds. The van der Waals surface area contributed by atoms with E-state index >= 15 is 0 Å². The molecule has 102 valence electrons. The summed E-state index contributed by atoms with van der Waals surface area (Å²) in [6.45, 7) is 1.70. The number of rotatable bonds is 2. The molecule has 0 spiro atoms. The SMILES string of the molecule is Cc1cc(C(=O)C2CC3CCCCC3N2)ccc1F. The van der Waals surface area contributed by atoms with Crippen molar-refractivity contribution in [3.8, 4) is 0 Å². The maximum absolute atomic E-state index is 13.3. The van der Waals surface area contributed by atoms with Crippen LogP contribution in [0.15, 0.2) is 18.2 Å². The van der Waals surface area contributed by atoms with Gasteiger partial charge in [-0.15, -0.1) is 0 Å². The van der Waals surface area contributed by atoms with Gasteiger partial charge in [-0.05, 0) is 55.9 Å². The molecule has 1 N–H and O–H groups in total. The average Bonchev–Trinajstić information content (AvgIpc) is 2.85. The van der Waals surface area contributed by atoms with Gasteiger partial charge in [0.15, 0.2) is 5.78 Å². The molecule has 0 aromatic heterocycles. The van der Waals surface area contributed by atoms with Crippen LogP contribution in [-0.4, -0.2) is 17.9 Å². The Morgan fingerprint density at radius 1 is 1.32 bits per heavy atom. The summed E-state index contributed by atoms with van der Waals surface area (Å²) in [5, 5.41) is 3.48. The Kier molecular flexibility index (Phi) is 3.40. The normalized spacial score (nSPS) is 30.1. The van der Waals surface area contributed by atoms with Crippen molar-refractivity contribution in [3.63, 3.8) is 0 Å². The highest BCUT2D eigenvalue weighted by Gasteiger charge is 2.38. The molecular formula is C16H20FNO. The summed E-state index contributed by atoms with van der Waals surface area (Å²) in [4.78, 5) is 12.5. The van der Waals surface area contributed by atoms with Crippen LogP contribution < -0.4 is 5.32 Å². The van der Waals surface area contributed by atoms with E-state index in [9.17, 15) is 9.18 Å².